The van der Waals surface area contributed by atoms with Gasteiger partial charge in [-0.2, -0.15) is 0 Å². The first-order valence-electron chi connectivity index (χ1n) is 6.68. The van der Waals surface area contributed by atoms with Gasteiger partial charge in [-0.1, -0.05) is 13.0 Å². The first-order valence-corrected chi connectivity index (χ1v) is 7.56. The molecule has 20 heavy (non-hydrogen) atoms. The van der Waals surface area contributed by atoms with Gasteiger partial charge in [0.15, 0.2) is 11.6 Å². The van der Waals surface area contributed by atoms with Crippen LogP contribution in [0, 0.1) is 5.82 Å². The van der Waals surface area contributed by atoms with E-state index in [0.717, 1.165) is 24.9 Å². The molecule has 0 saturated heterocycles. The standard InChI is InChI=1S/C15H19FN2OS/c1-3-6-18-14(8-12-9-17-10-20-12)11-4-5-13(16)15(7-11)19-2/h4-5,7,9-10,14,18H,3,6,8H2,1-2H3. The summed E-state index contributed by atoms with van der Waals surface area (Å²) < 4.78 is 18.6. The molecule has 3 nitrogen and oxygen atoms in total. The van der Waals surface area contributed by atoms with E-state index in [9.17, 15) is 4.39 Å². The normalized spacial score (nSPS) is 12.3. The summed E-state index contributed by atoms with van der Waals surface area (Å²) in [6.45, 7) is 3.05. The van der Waals surface area contributed by atoms with Crippen LogP contribution in [0.1, 0.15) is 29.8 Å². The smallest absolute Gasteiger partial charge is 0.165 e. The molecule has 0 fully saturated rings. The highest BCUT2D eigenvalue weighted by Gasteiger charge is 2.15. The highest BCUT2D eigenvalue weighted by molar-refractivity contribution is 7.09. The lowest BCUT2D eigenvalue weighted by Crippen LogP contribution is -2.24. The van der Waals surface area contributed by atoms with Gasteiger partial charge in [0.25, 0.3) is 0 Å². The fraction of sp³-hybridized carbons (Fsp3) is 0.400. The van der Waals surface area contributed by atoms with E-state index in [-0.39, 0.29) is 17.6 Å². The first-order chi connectivity index (χ1) is 9.74. The summed E-state index contributed by atoms with van der Waals surface area (Å²) in [6, 6.07) is 5.18. The summed E-state index contributed by atoms with van der Waals surface area (Å²) in [5.41, 5.74) is 2.86. The van der Waals surface area contributed by atoms with Gasteiger partial charge in [0.05, 0.1) is 12.6 Å². The molecule has 0 radical (unpaired) electrons. The zero-order valence-electron chi connectivity index (χ0n) is 11.7. The molecule has 2 rings (SSSR count). The maximum atomic E-state index is 13.5. The van der Waals surface area contributed by atoms with Gasteiger partial charge >= 0.3 is 0 Å². The van der Waals surface area contributed by atoms with Gasteiger partial charge in [-0.25, -0.2) is 4.39 Å². The lowest BCUT2D eigenvalue weighted by atomic mass is 10.0. The van der Waals surface area contributed by atoms with Gasteiger partial charge in [-0.05, 0) is 30.7 Å². The van der Waals surface area contributed by atoms with Crippen LogP contribution >= 0.6 is 11.3 Å². The third kappa shape index (κ3) is 3.77. The molecule has 0 aliphatic heterocycles. The van der Waals surface area contributed by atoms with Crippen LogP contribution in [0.25, 0.3) is 0 Å². The Morgan fingerprint density at radius 1 is 1.45 bits per heavy atom. The Bertz CT molecular complexity index is 531. The molecule has 1 atom stereocenters. The molecule has 0 bridgehead atoms. The van der Waals surface area contributed by atoms with Crippen molar-refractivity contribution in [2.24, 2.45) is 0 Å². The van der Waals surface area contributed by atoms with Crippen LogP contribution in [-0.4, -0.2) is 18.6 Å². The maximum Gasteiger partial charge on any atom is 0.165 e. The molecule has 0 aliphatic carbocycles. The summed E-state index contributed by atoms with van der Waals surface area (Å²) in [5, 5.41) is 3.50. The number of methoxy groups -OCH3 is 1. The highest BCUT2D eigenvalue weighted by atomic mass is 32.1. The Balaban J connectivity index is 2.20. The van der Waals surface area contributed by atoms with Crippen molar-refractivity contribution in [2.45, 2.75) is 25.8 Å². The minimum Gasteiger partial charge on any atom is -0.494 e. The molecule has 1 aromatic heterocycles. The van der Waals surface area contributed by atoms with Crippen molar-refractivity contribution in [1.82, 2.24) is 10.3 Å². The monoisotopic (exact) mass is 294 g/mol. The average molecular weight is 294 g/mol. The second-order valence-electron chi connectivity index (χ2n) is 4.57. The zero-order valence-corrected chi connectivity index (χ0v) is 12.5. The van der Waals surface area contributed by atoms with E-state index in [1.165, 1.54) is 18.1 Å². The van der Waals surface area contributed by atoms with Crippen molar-refractivity contribution in [2.75, 3.05) is 13.7 Å². The molecule has 0 spiro atoms. The number of hydrogen-bond donors (Lipinski definition) is 1. The van der Waals surface area contributed by atoms with Gasteiger partial charge < -0.3 is 10.1 Å². The van der Waals surface area contributed by atoms with Crippen LogP contribution < -0.4 is 10.1 Å². The second-order valence-corrected chi connectivity index (χ2v) is 5.54. The summed E-state index contributed by atoms with van der Waals surface area (Å²) in [7, 11) is 1.49. The molecule has 0 saturated carbocycles. The number of thiazole rings is 1. The molecule has 1 aromatic carbocycles. The minimum absolute atomic E-state index is 0.143. The molecule has 108 valence electrons. The molecule has 1 heterocycles. The van der Waals surface area contributed by atoms with Crippen molar-refractivity contribution in [1.29, 1.82) is 0 Å². The van der Waals surface area contributed by atoms with E-state index < -0.39 is 0 Å². The average Bonchev–Trinajstić information content (AvgIpc) is 2.97. The molecule has 1 unspecified atom stereocenters. The third-order valence-corrected chi connectivity index (χ3v) is 3.91. The van der Waals surface area contributed by atoms with Crippen LogP contribution in [0.5, 0.6) is 5.75 Å². The summed E-state index contributed by atoms with van der Waals surface area (Å²) >= 11 is 1.64. The predicted octanol–water partition coefficient (Wildman–Crippen LogP) is 3.57. The van der Waals surface area contributed by atoms with Crippen LogP contribution in [-0.2, 0) is 6.42 Å². The molecular formula is C15H19FN2OS. The van der Waals surface area contributed by atoms with E-state index in [0.29, 0.717) is 0 Å². The van der Waals surface area contributed by atoms with E-state index in [1.807, 2.05) is 17.8 Å². The van der Waals surface area contributed by atoms with Gasteiger partial charge in [0, 0.05) is 23.5 Å². The van der Waals surface area contributed by atoms with Crippen molar-refractivity contribution in [3.8, 4) is 5.75 Å². The minimum atomic E-state index is -0.330. The number of hydrogen-bond acceptors (Lipinski definition) is 4. The van der Waals surface area contributed by atoms with E-state index in [4.69, 9.17) is 4.74 Å². The highest BCUT2D eigenvalue weighted by Crippen LogP contribution is 2.26. The molecule has 0 aliphatic rings. The molecule has 5 heteroatoms. The van der Waals surface area contributed by atoms with Gasteiger partial charge in [0.2, 0.25) is 0 Å². The molecule has 1 N–H and O–H groups in total. The Labute approximate surface area is 122 Å². The largest absolute Gasteiger partial charge is 0.494 e. The van der Waals surface area contributed by atoms with Crippen molar-refractivity contribution >= 4 is 11.3 Å². The molecule has 2 aromatic rings. The number of rotatable bonds is 7. The van der Waals surface area contributed by atoms with Crippen LogP contribution in [0.3, 0.4) is 0 Å². The van der Waals surface area contributed by atoms with Crippen molar-refractivity contribution in [3.63, 3.8) is 0 Å². The number of aromatic nitrogens is 1. The van der Waals surface area contributed by atoms with E-state index in [2.05, 4.69) is 17.2 Å². The number of ether oxygens (including phenoxy) is 1. The fourth-order valence-electron chi connectivity index (χ4n) is 2.06. The Hall–Kier alpha value is -1.46. The summed E-state index contributed by atoms with van der Waals surface area (Å²) in [4.78, 5) is 5.31. The number of halogens is 1. The summed E-state index contributed by atoms with van der Waals surface area (Å²) in [6.07, 6.45) is 3.78. The lowest BCUT2D eigenvalue weighted by molar-refractivity contribution is 0.384. The number of nitrogens with zero attached hydrogens (tertiary/aromatic N) is 1. The fourth-order valence-corrected chi connectivity index (χ4v) is 2.71. The van der Waals surface area contributed by atoms with Crippen LogP contribution in [0.2, 0.25) is 0 Å². The Kier molecular flexibility index (Phi) is 5.49. The van der Waals surface area contributed by atoms with Crippen LogP contribution in [0.15, 0.2) is 29.9 Å². The molecule has 0 amide bonds. The SMILES string of the molecule is CCCNC(Cc1cncs1)c1ccc(F)c(OC)c1. The quantitative estimate of drug-likeness (QED) is 0.847. The second kappa shape index (κ2) is 7.36. The van der Waals surface area contributed by atoms with Crippen LogP contribution in [0.4, 0.5) is 4.39 Å². The predicted molar refractivity (Wildman–Crippen MR) is 79.8 cm³/mol. The van der Waals surface area contributed by atoms with E-state index >= 15 is 0 Å². The molecular weight excluding hydrogens is 275 g/mol. The van der Waals surface area contributed by atoms with Gasteiger partial charge in [-0.3, -0.25) is 4.98 Å². The Morgan fingerprint density at radius 2 is 2.30 bits per heavy atom. The summed E-state index contributed by atoms with van der Waals surface area (Å²) in [5.74, 6) is -0.0432. The number of benzene rings is 1. The maximum absolute atomic E-state index is 13.5. The number of nitrogens with one attached hydrogen (secondary N) is 1. The third-order valence-electron chi connectivity index (χ3n) is 3.11. The van der Waals surface area contributed by atoms with Gasteiger partial charge in [0.1, 0.15) is 0 Å². The van der Waals surface area contributed by atoms with E-state index in [1.54, 1.807) is 17.4 Å². The van der Waals surface area contributed by atoms with Crippen molar-refractivity contribution < 1.29 is 9.13 Å². The zero-order chi connectivity index (χ0) is 14.4. The lowest BCUT2D eigenvalue weighted by Gasteiger charge is -2.19. The Morgan fingerprint density at radius 3 is 2.95 bits per heavy atom. The topological polar surface area (TPSA) is 34.2 Å². The van der Waals surface area contributed by atoms with Crippen molar-refractivity contribution in [3.05, 3.63) is 46.2 Å². The first kappa shape index (κ1) is 14.9. The van der Waals surface area contributed by atoms with Gasteiger partial charge in [-0.15, -0.1) is 11.3 Å².